The minimum Gasteiger partial charge on any atom is -0.336 e. The third-order valence-electron chi connectivity index (χ3n) is 4.35. The summed E-state index contributed by atoms with van der Waals surface area (Å²) in [7, 11) is 0. The fraction of sp³-hybridized carbons (Fsp3) is 0.412. The molecule has 0 radical (unpaired) electrons. The van der Waals surface area contributed by atoms with Gasteiger partial charge in [-0.15, -0.1) is 0 Å². The van der Waals surface area contributed by atoms with Crippen LogP contribution in [0.1, 0.15) is 43.0 Å². The molecule has 4 heteroatoms. The van der Waals surface area contributed by atoms with Gasteiger partial charge in [0.05, 0.1) is 5.56 Å². The van der Waals surface area contributed by atoms with Gasteiger partial charge >= 0.3 is 0 Å². The Balaban J connectivity index is 2.06. The predicted octanol–water partition coefficient (Wildman–Crippen LogP) is 2.93. The Bertz CT molecular complexity index is 714. The van der Waals surface area contributed by atoms with Crippen molar-refractivity contribution in [1.29, 1.82) is 0 Å². The van der Waals surface area contributed by atoms with Gasteiger partial charge in [0.15, 0.2) is 0 Å². The van der Waals surface area contributed by atoms with Crippen molar-refractivity contribution in [2.24, 2.45) is 0 Å². The molecule has 1 aromatic heterocycles. The molecule has 21 heavy (non-hydrogen) atoms. The van der Waals surface area contributed by atoms with Crippen LogP contribution in [-0.2, 0) is 0 Å². The highest BCUT2D eigenvalue weighted by atomic mass is 16.2. The van der Waals surface area contributed by atoms with Crippen LogP contribution in [0.3, 0.4) is 0 Å². The van der Waals surface area contributed by atoms with Gasteiger partial charge in [0, 0.05) is 29.6 Å². The van der Waals surface area contributed by atoms with E-state index in [0.29, 0.717) is 18.2 Å². The maximum Gasteiger partial charge on any atom is 0.254 e. The molecule has 0 atom stereocenters. The van der Waals surface area contributed by atoms with Gasteiger partial charge in [-0.2, -0.15) is 0 Å². The Hall–Kier alpha value is -2.10. The molecule has 1 fully saturated rings. The number of hydrogen-bond donors (Lipinski definition) is 1. The largest absolute Gasteiger partial charge is 0.336 e. The first-order chi connectivity index (χ1) is 10.2. The van der Waals surface area contributed by atoms with Crippen molar-refractivity contribution < 1.29 is 4.79 Å². The Morgan fingerprint density at radius 3 is 2.71 bits per heavy atom. The van der Waals surface area contributed by atoms with E-state index in [-0.39, 0.29) is 11.5 Å². The molecule has 110 valence electrons. The summed E-state index contributed by atoms with van der Waals surface area (Å²) in [5, 5.41) is 0.818. The Morgan fingerprint density at radius 2 is 2.00 bits per heavy atom. The molecule has 0 spiro atoms. The fourth-order valence-electron chi connectivity index (χ4n) is 3.32. The molecule has 2 aromatic rings. The number of para-hydroxylation sites is 1. The number of H-pyrrole nitrogens is 1. The molecule has 3 rings (SSSR count). The molecular formula is C17H20N2O2. The van der Waals surface area contributed by atoms with Crippen molar-refractivity contribution in [1.82, 2.24) is 9.88 Å². The number of hydrogen-bond acceptors (Lipinski definition) is 2. The number of amides is 1. The molecule has 0 unspecified atom stereocenters. The van der Waals surface area contributed by atoms with Gasteiger partial charge in [-0.05, 0) is 25.8 Å². The van der Waals surface area contributed by atoms with E-state index >= 15 is 0 Å². The van der Waals surface area contributed by atoms with Crippen molar-refractivity contribution in [3.63, 3.8) is 0 Å². The number of nitrogens with zero attached hydrogens (tertiary/aromatic N) is 1. The summed E-state index contributed by atoms with van der Waals surface area (Å²) in [5.74, 6) is -0.0216. The molecule has 1 aromatic carbocycles. The van der Waals surface area contributed by atoms with E-state index < -0.39 is 0 Å². The highest BCUT2D eigenvalue weighted by Gasteiger charge is 2.27. The summed E-state index contributed by atoms with van der Waals surface area (Å²) in [6.45, 7) is 2.69. The Kier molecular flexibility index (Phi) is 3.78. The third kappa shape index (κ3) is 2.58. The number of carbonyl (C=O) groups is 1. The van der Waals surface area contributed by atoms with Crippen molar-refractivity contribution in [2.75, 3.05) is 6.54 Å². The smallest absolute Gasteiger partial charge is 0.254 e. The molecule has 0 aliphatic heterocycles. The van der Waals surface area contributed by atoms with E-state index in [1.165, 1.54) is 18.9 Å². The molecule has 1 aliphatic rings. The van der Waals surface area contributed by atoms with Crippen molar-refractivity contribution >= 4 is 16.8 Å². The van der Waals surface area contributed by atoms with E-state index in [4.69, 9.17) is 0 Å². The number of aromatic amines is 1. The number of benzene rings is 1. The van der Waals surface area contributed by atoms with Crippen LogP contribution in [0.25, 0.3) is 10.9 Å². The van der Waals surface area contributed by atoms with E-state index in [1.54, 1.807) is 0 Å². The van der Waals surface area contributed by atoms with Gasteiger partial charge in [0.1, 0.15) is 0 Å². The molecular weight excluding hydrogens is 264 g/mol. The van der Waals surface area contributed by atoms with Crippen LogP contribution >= 0.6 is 0 Å². The lowest BCUT2D eigenvalue weighted by molar-refractivity contribution is 0.0695. The summed E-state index contributed by atoms with van der Waals surface area (Å²) in [4.78, 5) is 29.4. The van der Waals surface area contributed by atoms with Crippen molar-refractivity contribution in [3.8, 4) is 0 Å². The van der Waals surface area contributed by atoms with E-state index in [9.17, 15) is 9.59 Å². The first-order valence-corrected chi connectivity index (χ1v) is 7.63. The maximum absolute atomic E-state index is 12.9. The number of pyridine rings is 1. The zero-order valence-electron chi connectivity index (χ0n) is 12.3. The average molecular weight is 284 g/mol. The number of nitrogens with one attached hydrogen (secondary N) is 1. The monoisotopic (exact) mass is 284 g/mol. The highest BCUT2D eigenvalue weighted by Crippen LogP contribution is 2.26. The van der Waals surface area contributed by atoms with Crippen molar-refractivity contribution in [3.05, 3.63) is 46.2 Å². The van der Waals surface area contributed by atoms with Gasteiger partial charge in [-0.25, -0.2) is 0 Å². The number of aromatic nitrogens is 1. The Labute approximate surface area is 123 Å². The van der Waals surface area contributed by atoms with Crippen LogP contribution in [-0.4, -0.2) is 28.4 Å². The van der Waals surface area contributed by atoms with Crippen molar-refractivity contribution in [2.45, 2.75) is 38.6 Å². The van der Waals surface area contributed by atoms with Gasteiger partial charge in [-0.3, -0.25) is 9.59 Å². The van der Waals surface area contributed by atoms with Gasteiger partial charge in [0.25, 0.3) is 5.91 Å². The minimum atomic E-state index is -0.223. The average Bonchev–Trinajstić information content (AvgIpc) is 3.01. The van der Waals surface area contributed by atoms with E-state index in [0.717, 1.165) is 23.7 Å². The second-order valence-electron chi connectivity index (χ2n) is 5.62. The summed E-state index contributed by atoms with van der Waals surface area (Å²) < 4.78 is 0. The molecule has 1 N–H and O–H groups in total. The first kappa shape index (κ1) is 13.9. The number of rotatable bonds is 3. The summed E-state index contributed by atoms with van der Waals surface area (Å²) in [6.07, 6.45) is 4.51. The van der Waals surface area contributed by atoms with Crippen LogP contribution in [0, 0.1) is 0 Å². The second kappa shape index (κ2) is 5.72. The lowest BCUT2D eigenvalue weighted by Crippen LogP contribution is -2.39. The minimum absolute atomic E-state index is 0.0216. The second-order valence-corrected chi connectivity index (χ2v) is 5.62. The molecule has 1 amide bonds. The first-order valence-electron chi connectivity index (χ1n) is 7.63. The fourth-order valence-corrected chi connectivity index (χ4v) is 3.32. The molecule has 1 aliphatic carbocycles. The maximum atomic E-state index is 12.9. The molecule has 0 bridgehead atoms. The van der Waals surface area contributed by atoms with Crippen LogP contribution in [0.2, 0.25) is 0 Å². The molecule has 1 heterocycles. The summed E-state index contributed by atoms with van der Waals surface area (Å²) in [5.41, 5.74) is 1.01. The zero-order chi connectivity index (χ0) is 14.8. The highest BCUT2D eigenvalue weighted by molar-refractivity contribution is 6.06. The predicted molar refractivity (Wildman–Crippen MR) is 83.5 cm³/mol. The number of fused-ring (bicyclic) bond motifs is 1. The van der Waals surface area contributed by atoms with Crippen LogP contribution < -0.4 is 5.56 Å². The van der Waals surface area contributed by atoms with Crippen LogP contribution in [0.15, 0.2) is 35.1 Å². The topological polar surface area (TPSA) is 53.2 Å². The number of carbonyl (C=O) groups excluding carboxylic acids is 1. The van der Waals surface area contributed by atoms with E-state index in [2.05, 4.69) is 4.98 Å². The SMILES string of the molecule is CCN(C(=O)c1cc(=O)[nH]c2ccccc12)C1CCCC1. The summed E-state index contributed by atoms with van der Waals surface area (Å²) in [6, 6.07) is 9.23. The Morgan fingerprint density at radius 1 is 1.29 bits per heavy atom. The third-order valence-corrected chi connectivity index (χ3v) is 4.35. The lowest BCUT2D eigenvalue weighted by atomic mass is 10.1. The lowest BCUT2D eigenvalue weighted by Gasteiger charge is -2.28. The van der Waals surface area contributed by atoms with Gasteiger partial charge in [0.2, 0.25) is 5.56 Å². The standard InChI is InChI=1S/C17H20N2O2/c1-2-19(12-7-3-4-8-12)17(21)14-11-16(20)18-15-10-6-5-9-13(14)15/h5-6,9-12H,2-4,7-8H2,1H3,(H,18,20). The molecule has 0 saturated heterocycles. The molecule has 4 nitrogen and oxygen atoms in total. The zero-order valence-corrected chi connectivity index (χ0v) is 12.3. The normalized spacial score (nSPS) is 15.5. The van der Waals surface area contributed by atoms with Crippen LogP contribution in [0.5, 0.6) is 0 Å². The van der Waals surface area contributed by atoms with E-state index in [1.807, 2.05) is 36.1 Å². The summed E-state index contributed by atoms with van der Waals surface area (Å²) >= 11 is 0. The quantitative estimate of drug-likeness (QED) is 0.942. The van der Waals surface area contributed by atoms with Crippen LogP contribution in [0.4, 0.5) is 0 Å². The van der Waals surface area contributed by atoms with Gasteiger partial charge in [-0.1, -0.05) is 31.0 Å². The molecule has 1 saturated carbocycles. The van der Waals surface area contributed by atoms with Gasteiger partial charge < -0.3 is 9.88 Å².